The minimum atomic E-state index is -3.87. The first kappa shape index (κ1) is 19.6. The van der Waals surface area contributed by atoms with E-state index < -0.39 is 21.7 Å². The highest BCUT2D eigenvalue weighted by molar-refractivity contribution is 7.92. The van der Waals surface area contributed by atoms with E-state index in [9.17, 15) is 17.6 Å². The van der Waals surface area contributed by atoms with Crippen LogP contribution in [0.15, 0.2) is 77.7 Å². The molecule has 7 heteroatoms. The van der Waals surface area contributed by atoms with Gasteiger partial charge in [-0.2, -0.15) is 0 Å². The van der Waals surface area contributed by atoms with Gasteiger partial charge in [0.25, 0.3) is 15.9 Å². The number of hydrogen-bond donors (Lipinski definition) is 1. The molecule has 0 radical (unpaired) electrons. The van der Waals surface area contributed by atoms with E-state index in [2.05, 4.69) is 5.32 Å². The van der Waals surface area contributed by atoms with Crippen LogP contribution < -0.4 is 9.62 Å². The monoisotopic (exact) mass is 398 g/mol. The highest BCUT2D eigenvalue weighted by Crippen LogP contribution is 2.27. The maximum Gasteiger partial charge on any atom is 0.264 e. The molecule has 0 aliphatic rings. The summed E-state index contributed by atoms with van der Waals surface area (Å²) < 4.78 is 40.8. The summed E-state index contributed by atoms with van der Waals surface area (Å²) >= 11 is 0. The fourth-order valence-electron chi connectivity index (χ4n) is 2.69. The molecule has 0 heterocycles. The van der Waals surface area contributed by atoms with E-state index in [1.165, 1.54) is 49.5 Å². The number of nitrogens with one attached hydrogen (secondary N) is 1. The number of halogens is 1. The summed E-state index contributed by atoms with van der Waals surface area (Å²) in [5.74, 6) is -1.18. The lowest BCUT2D eigenvalue weighted by Crippen LogP contribution is -2.29. The van der Waals surface area contributed by atoms with Gasteiger partial charge in [-0.05, 0) is 43.3 Å². The van der Waals surface area contributed by atoms with Crippen LogP contribution in [-0.2, 0) is 10.0 Å². The van der Waals surface area contributed by atoms with Gasteiger partial charge in [-0.3, -0.25) is 9.10 Å². The fraction of sp³-hybridized carbons (Fsp3) is 0.0952. The Labute approximate surface area is 163 Å². The van der Waals surface area contributed by atoms with Crippen molar-refractivity contribution in [2.24, 2.45) is 0 Å². The van der Waals surface area contributed by atoms with Crippen molar-refractivity contribution in [3.8, 4) is 0 Å². The SMILES string of the molecule is Cc1ccc(S(=O)(=O)N(C)c2ccccc2C(=O)Nc2ccccc2F)cc1. The third-order valence-corrected chi connectivity index (χ3v) is 6.08. The molecular weight excluding hydrogens is 379 g/mol. The van der Waals surface area contributed by atoms with Gasteiger partial charge in [0.1, 0.15) is 5.82 Å². The highest BCUT2D eigenvalue weighted by Gasteiger charge is 2.25. The predicted molar refractivity (Wildman–Crippen MR) is 108 cm³/mol. The summed E-state index contributed by atoms with van der Waals surface area (Å²) in [4.78, 5) is 12.8. The minimum Gasteiger partial charge on any atom is -0.319 e. The fourth-order valence-corrected chi connectivity index (χ4v) is 3.90. The first-order valence-electron chi connectivity index (χ1n) is 8.51. The molecule has 3 aromatic carbocycles. The molecule has 0 aliphatic heterocycles. The summed E-state index contributed by atoms with van der Waals surface area (Å²) in [6.07, 6.45) is 0. The second-order valence-corrected chi connectivity index (χ2v) is 8.21. The van der Waals surface area contributed by atoms with E-state index in [1.807, 2.05) is 6.92 Å². The van der Waals surface area contributed by atoms with E-state index in [4.69, 9.17) is 0 Å². The van der Waals surface area contributed by atoms with Crippen LogP contribution in [-0.4, -0.2) is 21.4 Å². The second-order valence-electron chi connectivity index (χ2n) is 6.24. The van der Waals surface area contributed by atoms with Gasteiger partial charge in [-0.25, -0.2) is 12.8 Å². The van der Waals surface area contributed by atoms with Crippen molar-refractivity contribution in [2.45, 2.75) is 11.8 Å². The molecule has 1 N–H and O–H groups in total. The first-order chi connectivity index (χ1) is 13.3. The smallest absolute Gasteiger partial charge is 0.264 e. The molecule has 0 unspecified atom stereocenters. The van der Waals surface area contributed by atoms with Gasteiger partial charge in [0.05, 0.1) is 21.8 Å². The number of anilines is 2. The predicted octanol–water partition coefficient (Wildman–Crippen LogP) is 4.21. The summed E-state index contributed by atoms with van der Waals surface area (Å²) in [6.45, 7) is 1.86. The number of para-hydroxylation sites is 2. The molecule has 144 valence electrons. The lowest BCUT2D eigenvalue weighted by Gasteiger charge is -2.22. The third kappa shape index (κ3) is 3.89. The molecule has 3 rings (SSSR count). The normalized spacial score (nSPS) is 11.1. The van der Waals surface area contributed by atoms with E-state index in [1.54, 1.807) is 30.3 Å². The molecule has 28 heavy (non-hydrogen) atoms. The Bertz CT molecular complexity index is 1110. The Morgan fingerprint density at radius 2 is 1.54 bits per heavy atom. The van der Waals surface area contributed by atoms with Crippen LogP contribution >= 0.6 is 0 Å². The molecule has 0 aliphatic carbocycles. The molecule has 5 nitrogen and oxygen atoms in total. The van der Waals surface area contributed by atoms with Gasteiger partial charge in [-0.1, -0.05) is 42.0 Å². The van der Waals surface area contributed by atoms with Gasteiger partial charge < -0.3 is 5.32 Å². The van der Waals surface area contributed by atoms with Crippen molar-refractivity contribution in [3.63, 3.8) is 0 Å². The largest absolute Gasteiger partial charge is 0.319 e. The zero-order chi connectivity index (χ0) is 20.3. The second kappa shape index (κ2) is 7.82. The zero-order valence-corrected chi connectivity index (χ0v) is 16.2. The van der Waals surface area contributed by atoms with Crippen LogP contribution in [0.2, 0.25) is 0 Å². The Hall–Kier alpha value is -3.19. The van der Waals surface area contributed by atoms with E-state index in [0.717, 1.165) is 9.87 Å². The topological polar surface area (TPSA) is 66.5 Å². The van der Waals surface area contributed by atoms with Crippen molar-refractivity contribution >= 4 is 27.3 Å². The molecule has 0 bridgehead atoms. The number of hydrogen-bond acceptors (Lipinski definition) is 3. The quantitative estimate of drug-likeness (QED) is 0.700. The molecule has 1 amide bonds. The molecule has 0 spiro atoms. The highest BCUT2D eigenvalue weighted by atomic mass is 32.2. The maximum absolute atomic E-state index is 13.8. The Balaban J connectivity index is 1.96. The van der Waals surface area contributed by atoms with Crippen molar-refractivity contribution in [2.75, 3.05) is 16.7 Å². The number of carbonyl (C=O) groups excluding carboxylic acids is 1. The van der Waals surface area contributed by atoms with E-state index in [-0.39, 0.29) is 21.8 Å². The molecule has 0 saturated carbocycles. The number of carbonyl (C=O) groups is 1. The summed E-state index contributed by atoms with van der Waals surface area (Å²) in [6, 6.07) is 18.5. The molecule has 0 saturated heterocycles. The minimum absolute atomic E-state index is 0.0198. The van der Waals surface area contributed by atoms with Crippen LogP contribution in [0.4, 0.5) is 15.8 Å². The number of nitrogens with zero attached hydrogens (tertiary/aromatic N) is 1. The van der Waals surface area contributed by atoms with Crippen molar-refractivity contribution in [1.29, 1.82) is 0 Å². The molecule has 0 fully saturated rings. The van der Waals surface area contributed by atoms with Crippen LogP contribution in [0.3, 0.4) is 0 Å². The molecule has 3 aromatic rings. The molecule has 0 aromatic heterocycles. The Morgan fingerprint density at radius 3 is 2.21 bits per heavy atom. The first-order valence-corrected chi connectivity index (χ1v) is 9.95. The number of rotatable bonds is 5. The van der Waals surface area contributed by atoms with Gasteiger partial charge in [0.15, 0.2) is 0 Å². The Kier molecular flexibility index (Phi) is 5.46. The average Bonchev–Trinajstić information content (AvgIpc) is 2.69. The van der Waals surface area contributed by atoms with Gasteiger partial charge in [-0.15, -0.1) is 0 Å². The van der Waals surface area contributed by atoms with Crippen LogP contribution in [0.5, 0.6) is 0 Å². The van der Waals surface area contributed by atoms with Crippen molar-refractivity contribution in [1.82, 2.24) is 0 Å². The standard InChI is InChI=1S/C21H19FN2O3S/c1-15-11-13-16(14-12-15)28(26,27)24(2)20-10-6-3-7-17(20)21(25)23-19-9-5-4-8-18(19)22/h3-14H,1-2H3,(H,23,25). The van der Waals surface area contributed by atoms with E-state index in [0.29, 0.717) is 0 Å². The molecule has 0 atom stereocenters. The van der Waals surface area contributed by atoms with E-state index >= 15 is 0 Å². The Morgan fingerprint density at radius 1 is 0.929 bits per heavy atom. The maximum atomic E-state index is 13.8. The number of sulfonamides is 1. The van der Waals surface area contributed by atoms with Crippen LogP contribution in [0, 0.1) is 12.7 Å². The van der Waals surface area contributed by atoms with Gasteiger partial charge >= 0.3 is 0 Å². The lowest BCUT2D eigenvalue weighted by molar-refractivity contribution is 0.102. The number of aryl methyl sites for hydroxylation is 1. The lowest BCUT2D eigenvalue weighted by atomic mass is 10.1. The molecular formula is C21H19FN2O3S. The number of benzene rings is 3. The van der Waals surface area contributed by atoms with Gasteiger partial charge in [0.2, 0.25) is 0 Å². The van der Waals surface area contributed by atoms with Crippen molar-refractivity contribution in [3.05, 3.63) is 89.7 Å². The average molecular weight is 398 g/mol. The third-order valence-electron chi connectivity index (χ3n) is 4.29. The summed E-state index contributed by atoms with van der Waals surface area (Å²) in [7, 11) is -2.49. The summed E-state index contributed by atoms with van der Waals surface area (Å²) in [5, 5.41) is 2.49. The summed E-state index contributed by atoms with van der Waals surface area (Å²) in [5.41, 5.74) is 1.26. The van der Waals surface area contributed by atoms with Gasteiger partial charge in [0, 0.05) is 7.05 Å². The van der Waals surface area contributed by atoms with Crippen LogP contribution in [0.25, 0.3) is 0 Å². The van der Waals surface area contributed by atoms with Crippen molar-refractivity contribution < 1.29 is 17.6 Å². The van der Waals surface area contributed by atoms with Crippen LogP contribution in [0.1, 0.15) is 15.9 Å². The zero-order valence-electron chi connectivity index (χ0n) is 15.4. The number of amides is 1.